The molecule has 13 atom stereocenters. The van der Waals surface area contributed by atoms with E-state index in [2.05, 4.69) is 35.9 Å². The van der Waals surface area contributed by atoms with E-state index in [1.165, 1.54) is 0 Å². The Hall–Kier alpha value is -4.04. The number of esters is 1. The van der Waals surface area contributed by atoms with Gasteiger partial charge in [0, 0.05) is 35.2 Å². The molecule has 2 aromatic carbocycles. The third-order valence-corrected chi connectivity index (χ3v) is 13.6. The highest BCUT2D eigenvalue weighted by Crippen LogP contribution is 2.48. The van der Waals surface area contributed by atoms with Gasteiger partial charge in [0.2, 0.25) is 0 Å². The SMILES string of the molecule is CC[C@@H]1OC(=O)[C@H](C)C(=O)[C@H](C)[C@@H](O[C@@H]2O[C@H](C)C[C@H](N(C)C)[C@H]2O)[C@@](C)(OC/C=C\c2cnc3ccccc3c2)C[C@@H](C)C2=Nc3ccccc3N3CO[C@@]1(C)[C@H]3[C@@H]2C. The fraction of sp³-hybridized carbons (Fsp3) is 0.583. The molecule has 5 heterocycles. The standard InChI is InChI=1S/C48H64N4O8/c1-11-39-48(8)43-30(4)40(50-36-20-14-15-21-37(36)52(43)27-57-48)28(2)25-47(7,56-22-16-17-33-24-34-18-12-13-19-35(34)49-26-33)44(31(5)41(53)32(6)45(55)59-39)60-46-42(54)38(51(9)10)23-29(3)58-46/h12-21,24,26,28-32,38-39,42-44,46,54H,11,22-23,25,27H2,1-10H3/b17-16-/t28-,29-,30-,31+,32-,38+,39+,42-,43-,44-,46+,47+,48-/m1/s1. The van der Waals surface area contributed by atoms with E-state index in [0.29, 0.717) is 26.0 Å². The summed E-state index contributed by atoms with van der Waals surface area (Å²) in [4.78, 5) is 43.2. The zero-order valence-corrected chi connectivity index (χ0v) is 36.9. The Morgan fingerprint density at radius 1 is 1.02 bits per heavy atom. The first-order chi connectivity index (χ1) is 28.6. The lowest BCUT2D eigenvalue weighted by atomic mass is 9.73. The molecule has 12 heteroatoms. The summed E-state index contributed by atoms with van der Waals surface area (Å²) < 4.78 is 33.4. The molecule has 2 bridgehead atoms. The number of benzene rings is 2. The number of cyclic esters (lactones) is 1. The highest BCUT2D eigenvalue weighted by atomic mass is 16.7. The van der Waals surface area contributed by atoms with Crippen LogP contribution in [0.4, 0.5) is 11.4 Å². The van der Waals surface area contributed by atoms with Crippen molar-refractivity contribution < 1.29 is 38.4 Å². The molecule has 0 unspecified atom stereocenters. The normalized spacial score (nSPS) is 36.5. The van der Waals surface area contributed by atoms with E-state index in [1.54, 1.807) is 13.8 Å². The molecule has 0 saturated carbocycles. The number of pyridine rings is 1. The first-order valence-electron chi connectivity index (χ1n) is 21.7. The molecule has 4 aliphatic rings. The van der Waals surface area contributed by atoms with Crippen LogP contribution in [0, 0.1) is 23.7 Å². The zero-order valence-electron chi connectivity index (χ0n) is 36.9. The number of para-hydroxylation sites is 3. The number of aliphatic hydroxyl groups excluding tert-OH is 1. The average molecular weight is 825 g/mol. The number of aliphatic imine (C=N–C) groups is 1. The molecule has 1 N–H and O–H groups in total. The van der Waals surface area contributed by atoms with Crippen LogP contribution in [0.3, 0.4) is 0 Å². The van der Waals surface area contributed by atoms with E-state index in [4.69, 9.17) is 28.7 Å². The maximum Gasteiger partial charge on any atom is 0.316 e. The maximum absolute atomic E-state index is 14.7. The van der Waals surface area contributed by atoms with Gasteiger partial charge in [-0.3, -0.25) is 19.6 Å². The summed E-state index contributed by atoms with van der Waals surface area (Å²) in [5, 5.41) is 12.8. The second kappa shape index (κ2) is 17.7. The zero-order chi connectivity index (χ0) is 43.1. The van der Waals surface area contributed by atoms with Crippen molar-refractivity contribution in [1.82, 2.24) is 9.88 Å². The van der Waals surface area contributed by atoms with Crippen LogP contribution in [0.1, 0.15) is 80.2 Å². The average Bonchev–Trinajstić information content (AvgIpc) is 3.52. The molecular formula is C48H64N4O8. The summed E-state index contributed by atoms with van der Waals surface area (Å²) in [6.07, 6.45) is 3.30. The molecule has 3 aromatic rings. The van der Waals surface area contributed by atoms with Gasteiger partial charge >= 0.3 is 5.97 Å². The number of Topliss-reactive ketones (excluding diaryl/α,β-unsaturated/α-hetero) is 1. The molecule has 60 heavy (non-hydrogen) atoms. The largest absolute Gasteiger partial charge is 0.459 e. The molecule has 3 saturated heterocycles. The number of anilines is 1. The topological polar surface area (TPSA) is 132 Å². The van der Waals surface area contributed by atoms with Gasteiger partial charge in [-0.25, -0.2) is 0 Å². The summed E-state index contributed by atoms with van der Waals surface area (Å²) >= 11 is 0. The number of aromatic nitrogens is 1. The minimum Gasteiger partial charge on any atom is -0.459 e. The predicted octanol–water partition coefficient (Wildman–Crippen LogP) is 7.38. The Balaban J connectivity index is 1.33. The first kappa shape index (κ1) is 44.0. The lowest BCUT2D eigenvalue weighted by Crippen LogP contribution is -2.60. The minimum absolute atomic E-state index is 0.152. The molecule has 0 amide bonds. The van der Waals surface area contributed by atoms with Crippen molar-refractivity contribution in [2.24, 2.45) is 28.7 Å². The number of likely N-dealkylation sites (N-methyl/N-ethyl adjacent to an activating group) is 1. The number of aliphatic hydroxyl groups is 1. The van der Waals surface area contributed by atoms with Gasteiger partial charge in [0.1, 0.15) is 30.5 Å². The van der Waals surface area contributed by atoms with Crippen molar-refractivity contribution in [2.75, 3.05) is 32.3 Å². The number of ether oxygens (including phenoxy) is 5. The number of ketones is 1. The van der Waals surface area contributed by atoms with Crippen LogP contribution in [0.25, 0.3) is 17.0 Å². The number of rotatable bonds is 8. The van der Waals surface area contributed by atoms with Crippen molar-refractivity contribution in [2.45, 2.75) is 129 Å². The van der Waals surface area contributed by atoms with Gasteiger partial charge in [0.15, 0.2) is 12.1 Å². The number of carbonyl (C=O) groups excluding carboxylic acids is 2. The van der Waals surface area contributed by atoms with Crippen molar-refractivity contribution in [1.29, 1.82) is 0 Å². The molecule has 1 aromatic heterocycles. The van der Waals surface area contributed by atoms with E-state index >= 15 is 0 Å². The highest BCUT2D eigenvalue weighted by Gasteiger charge is 2.57. The fourth-order valence-corrected chi connectivity index (χ4v) is 10.4. The highest BCUT2D eigenvalue weighted by molar-refractivity contribution is 6.00. The second-order valence-corrected chi connectivity index (χ2v) is 18.2. The lowest BCUT2D eigenvalue weighted by molar-refractivity contribution is -0.296. The van der Waals surface area contributed by atoms with Crippen LogP contribution in [0.2, 0.25) is 0 Å². The van der Waals surface area contributed by atoms with Crippen LogP contribution in [0.15, 0.2) is 71.9 Å². The van der Waals surface area contributed by atoms with Gasteiger partial charge in [-0.05, 0) is 96.8 Å². The van der Waals surface area contributed by atoms with E-state index in [9.17, 15) is 14.7 Å². The van der Waals surface area contributed by atoms with E-state index in [-0.39, 0.29) is 42.4 Å². The number of carbonyl (C=O) groups is 2. The monoisotopic (exact) mass is 824 g/mol. The number of nitrogens with zero attached hydrogens (tertiary/aromatic N) is 4. The van der Waals surface area contributed by atoms with Crippen molar-refractivity contribution in [3.63, 3.8) is 0 Å². The van der Waals surface area contributed by atoms with Gasteiger partial charge in [0.25, 0.3) is 0 Å². The molecule has 7 rings (SSSR count). The molecular weight excluding hydrogens is 761 g/mol. The molecule has 0 radical (unpaired) electrons. The Labute approximate surface area is 355 Å². The number of hydrogen-bond acceptors (Lipinski definition) is 12. The predicted molar refractivity (Wildman–Crippen MR) is 233 cm³/mol. The van der Waals surface area contributed by atoms with Crippen LogP contribution >= 0.6 is 0 Å². The van der Waals surface area contributed by atoms with Crippen LogP contribution in [0.5, 0.6) is 0 Å². The first-order valence-corrected chi connectivity index (χ1v) is 21.7. The van der Waals surface area contributed by atoms with E-state index in [0.717, 1.165) is 33.6 Å². The van der Waals surface area contributed by atoms with Crippen molar-refractivity contribution in [3.05, 3.63) is 72.4 Å². The van der Waals surface area contributed by atoms with Gasteiger partial charge in [0.05, 0.1) is 47.3 Å². The Morgan fingerprint density at radius 2 is 1.75 bits per heavy atom. The summed E-state index contributed by atoms with van der Waals surface area (Å²) in [5.74, 6) is -3.33. The Bertz CT molecular complexity index is 2090. The summed E-state index contributed by atoms with van der Waals surface area (Å²) in [7, 11) is 3.85. The maximum atomic E-state index is 14.7. The fourth-order valence-electron chi connectivity index (χ4n) is 10.4. The summed E-state index contributed by atoms with van der Waals surface area (Å²) in [6.45, 7) is 16.1. The quantitative estimate of drug-likeness (QED) is 0.180. The van der Waals surface area contributed by atoms with E-state index < -0.39 is 53.6 Å². The molecule has 324 valence electrons. The van der Waals surface area contributed by atoms with Gasteiger partial charge < -0.3 is 38.6 Å². The minimum atomic E-state index is -1.18. The second-order valence-electron chi connectivity index (χ2n) is 18.2. The number of fused-ring (bicyclic) bond motifs is 4. The summed E-state index contributed by atoms with van der Waals surface area (Å²) in [5.41, 5.74) is 2.47. The van der Waals surface area contributed by atoms with Crippen molar-refractivity contribution >= 4 is 45.8 Å². The van der Waals surface area contributed by atoms with Gasteiger partial charge in [-0.2, -0.15) is 0 Å². The third-order valence-electron chi connectivity index (χ3n) is 13.6. The van der Waals surface area contributed by atoms with Crippen LogP contribution < -0.4 is 4.90 Å². The van der Waals surface area contributed by atoms with Gasteiger partial charge in [-0.1, -0.05) is 70.2 Å². The lowest BCUT2D eigenvalue weighted by Gasteiger charge is -2.47. The van der Waals surface area contributed by atoms with Crippen LogP contribution in [-0.4, -0.2) is 114 Å². The Morgan fingerprint density at radius 3 is 2.50 bits per heavy atom. The molecule has 4 aliphatic heterocycles. The van der Waals surface area contributed by atoms with Crippen LogP contribution in [-0.2, 0) is 33.3 Å². The molecule has 0 aliphatic carbocycles. The molecule has 0 spiro atoms. The molecule has 3 fully saturated rings. The number of hydrogen-bond donors (Lipinski definition) is 1. The Kier molecular flexibility index (Phi) is 13.0. The third kappa shape index (κ3) is 8.43. The summed E-state index contributed by atoms with van der Waals surface area (Å²) in [6, 6.07) is 17.7. The molecule has 12 nitrogen and oxygen atoms in total. The van der Waals surface area contributed by atoms with E-state index in [1.807, 2.05) is 108 Å². The smallest absolute Gasteiger partial charge is 0.316 e. The van der Waals surface area contributed by atoms with Gasteiger partial charge in [-0.15, -0.1) is 0 Å². The van der Waals surface area contributed by atoms with Crippen molar-refractivity contribution in [3.8, 4) is 0 Å².